The predicted octanol–water partition coefficient (Wildman–Crippen LogP) is 3.52. The number of likely N-dealkylation sites (tertiary alicyclic amines) is 1. The Morgan fingerprint density at radius 1 is 1.41 bits per heavy atom. The first-order valence-electron chi connectivity index (χ1n) is 7.81. The Morgan fingerprint density at radius 3 is 2.91 bits per heavy atom. The molecule has 1 amide bonds. The molecule has 1 aromatic rings. The summed E-state index contributed by atoms with van der Waals surface area (Å²) in [6, 6.07) is 4.86. The van der Waals surface area contributed by atoms with Crippen LogP contribution in [0.4, 0.5) is 14.9 Å². The molecule has 0 aromatic heterocycles. The Labute approximate surface area is 130 Å². The van der Waals surface area contributed by atoms with E-state index >= 15 is 0 Å². The normalized spacial score (nSPS) is 24.1. The van der Waals surface area contributed by atoms with Crippen molar-refractivity contribution in [1.82, 2.24) is 4.90 Å². The van der Waals surface area contributed by atoms with Crippen molar-refractivity contribution in [2.75, 3.05) is 25.0 Å². The van der Waals surface area contributed by atoms with Crippen molar-refractivity contribution in [1.29, 1.82) is 0 Å². The van der Waals surface area contributed by atoms with Gasteiger partial charge in [0, 0.05) is 30.7 Å². The van der Waals surface area contributed by atoms with E-state index in [1.807, 2.05) is 20.8 Å². The Kier molecular flexibility index (Phi) is 3.54. The zero-order valence-electron chi connectivity index (χ0n) is 13.4. The summed E-state index contributed by atoms with van der Waals surface area (Å²) in [5.41, 5.74) is 1.26. The highest BCUT2D eigenvalue weighted by Gasteiger charge is 2.44. The molecule has 1 N–H and O–H groups in total. The molecule has 1 fully saturated rings. The lowest BCUT2D eigenvalue weighted by atomic mass is 9.75. The van der Waals surface area contributed by atoms with Gasteiger partial charge in [-0.05, 0) is 57.4 Å². The second-order valence-electron chi connectivity index (χ2n) is 7.33. The average Bonchev–Trinajstić information content (AvgIpc) is 2.75. The number of nitrogens with one attached hydrogen (secondary N) is 1. The van der Waals surface area contributed by atoms with Crippen LogP contribution in [0.1, 0.15) is 39.2 Å². The molecular formula is C17H23FN2O2. The summed E-state index contributed by atoms with van der Waals surface area (Å²) in [4.78, 5) is 14.1. The van der Waals surface area contributed by atoms with Crippen LogP contribution in [0.5, 0.6) is 0 Å². The van der Waals surface area contributed by atoms with Crippen molar-refractivity contribution in [3.8, 4) is 0 Å². The maximum Gasteiger partial charge on any atom is 0.410 e. The van der Waals surface area contributed by atoms with Crippen molar-refractivity contribution in [3.05, 3.63) is 29.6 Å². The zero-order chi connectivity index (χ0) is 16.0. The molecule has 0 saturated carbocycles. The highest BCUT2D eigenvalue weighted by Crippen LogP contribution is 2.43. The van der Waals surface area contributed by atoms with Gasteiger partial charge in [-0.15, -0.1) is 0 Å². The maximum absolute atomic E-state index is 13.6. The molecule has 0 aliphatic carbocycles. The number of fused-ring (bicyclic) bond motifs is 2. The number of piperidine rings is 1. The molecule has 3 rings (SSSR count). The fourth-order valence-corrected chi connectivity index (χ4v) is 3.45. The number of carbonyl (C=O) groups excluding carboxylic acids is 1. The van der Waals surface area contributed by atoms with Crippen LogP contribution >= 0.6 is 0 Å². The fourth-order valence-electron chi connectivity index (χ4n) is 3.45. The first-order valence-corrected chi connectivity index (χ1v) is 7.81. The molecule has 1 atom stereocenters. The summed E-state index contributed by atoms with van der Waals surface area (Å²) in [5.74, 6) is -0.226. The second-order valence-corrected chi connectivity index (χ2v) is 7.33. The molecule has 22 heavy (non-hydrogen) atoms. The van der Waals surface area contributed by atoms with Gasteiger partial charge in [0.2, 0.25) is 0 Å². The molecule has 1 aromatic carbocycles. The molecule has 2 aliphatic rings. The summed E-state index contributed by atoms with van der Waals surface area (Å²) in [6.07, 6.45) is 1.57. The van der Waals surface area contributed by atoms with E-state index in [4.69, 9.17) is 4.74 Å². The van der Waals surface area contributed by atoms with Crippen LogP contribution in [-0.4, -0.2) is 36.2 Å². The summed E-state index contributed by atoms with van der Waals surface area (Å²) >= 11 is 0. The first kappa shape index (κ1) is 15.1. The van der Waals surface area contributed by atoms with Crippen molar-refractivity contribution in [2.45, 2.75) is 44.6 Å². The molecule has 0 bridgehead atoms. The van der Waals surface area contributed by atoms with Gasteiger partial charge < -0.3 is 15.0 Å². The highest BCUT2D eigenvalue weighted by atomic mass is 19.1. The number of amides is 1. The van der Waals surface area contributed by atoms with Crippen molar-refractivity contribution in [3.63, 3.8) is 0 Å². The topological polar surface area (TPSA) is 41.6 Å². The van der Waals surface area contributed by atoms with Crippen LogP contribution in [0.25, 0.3) is 0 Å². The summed E-state index contributed by atoms with van der Waals surface area (Å²) < 4.78 is 19.1. The van der Waals surface area contributed by atoms with Crippen LogP contribution < -0.4 is 5.32 Å². The molecule has 0 radical (unpaired) electrons. The number of benzene rings is 1. The minimum atomic E-state index is -0.500. The minimum Gasteiger partial charge on any atom is -0.444 e. The number of nitrogens with zero attached hydrogens (tertiary/aromatic N) is 1. The monoisotopic (exact) mass is 306 g/mol. The lowest BCUT2D eigenvalue weighted by Crippen LogP contribution is -2.50. The second kappa shape index (κ2) is 5.14. The van der Waals surface area contributed by atoms with Gasteiger partial charge in [0.25, 0.3) is 0 Å². The third kappa shape index (κ3) is 2.76. The summed E-state index contributed by atoms with van der Waals surface area (Å²) in [6.45, 7) is 7.61. The van der Waals surface area contributed by atoms with E-state index in [1.54, 1.807) is 17.0 Å². The predicted molar refractivity (Wildman–Crippen MR) is 83.6 cm³/mol. The Hall–Kier alpha value is -1.78. The molecule has 5 heteroatoms. The summed E-state index contributed by atoms with van der Waals surface area (Å²) in [5, 5.41) is 3.35. The van der Waals surface area contributed by atoms with E-state index in [-0.39, 0.29) is 17.3 Å². The highest BCUT2D eigenvalue weighted by molar-refractivity contribution is 5.69. The standard InChI is InChI=1S/C17H23FN2O2/c1-16(2,3)22-15(21)20-8-4-7-17(11-20)10-19-14-6-5-12(18)9-13(14)17/h5-6,9,19H,4,7-8,10-11H2,1-3H3. The van der Waals surface area contributed by atoms with Gasteiger partial charge in [0.1, 0.15) is 11.4 Å². The summed E-state index contributed by atoms with van der Waals surface area (Å²) in [7, 11) is 0. The van der Waals surface area contributed by atoms with Crippen LogP contribution in [-0.2, 0) is 10.2 Å². The first-order chi connectivity index (χ1) is 10.3. The van der Waals surface area contributed by atoms with E-state index in [2.05, 4.69) is 5.32 Å². The molecule has 1 saturated heterocycles. The average molecular weight is 306 g/mol. The zero-order valence-corrected chi connectivity index (χ0v) is 13.4. The van der Waals surface area contributed by atoms with Gasteiger partial charge in [-0.2, -0.15) is 0 Å². The fraction of sp³-hybridized carbons (Fsp3) is 0.588. The lowest BCUT2D eigenvalue weighted by Gasteiger charge is -2.40. The third-order valence-electron chi connectivity index (χ3n) is 4.40. The van der Waals surface area contributed by atoms with Gasteiger partial charge in [0.15, 0.2) is 0 Å². The largest absolute Gasteiger partial charge is 0.444 e. The van der Waals surface area contributed by atoms with E-state index in [0.717, 1.165) is 30.6 Å². The molecule has 4 nitrogen and oxygen atoms in total. The van der Waals surface area contributed by atoms with Gasteiger partial charge >= 0.3 is 6.09 Å². The van der Waals surface area contributed by atoms with Gasteiger partial charge in [0.05, 0.1) is 0 Å². The maximum atomic E-state index is 13.6. The van der Waals surface area contributed by atoms with Gasteiger partial charge in [-0.3, -0.25) is 0 Å². The smallest absolute Gasteiger partial charge is 0.410 e. The number of carbonyl (C=O) groups is 1. The van der Waals surface area contributed by atoms with Crippen molar-refractivity contribution < 1.29 is 13.9 Å². The van der Waals surface area contributed by atoms with E-state index in [0.29, 0.717) is 13.1 Å². The van der Waals surface area contributed by atoms with Crippen LogP contribution in [0.3, 0.4) is 0 Å². The van der Waals surface area contributed by atoms with Crippen molar-refractivity contribution in [2.24, 2.45) is 0 Å². The number of hydrogen-bond acceptors (Lipinski definition) is 3. The molecule has 2 aliphatic heterocycles. The number of anilines is 1. The van der Waals surface area contributed by atoms with Crippen molar-refractivity contribution >= 4 is 11.8 Å². The SMILES string of the molecule is CC(C)(C)OC(=O)N1CCCC2(CNc3ccc(F)cc32)C1. The molecular weight excluding hydrogens is 283 g/mol. The van der Waals surface area contributed by atoms with E-state index in [9.17, 15) is 9.18 Å². The number of ether oxygens (including phenoxy) is 1. The van der Waals surface area contributed by atoms with E-state index in [1.165, 1.54) is 6.07 Å². The quantitative estimate of drug-likeness (QED) is 0.797. The number of hydrogen-bond donors (Lipinski definition) is 1. The van der Waals surface area contributed by atoms with Crippen LogP contribution in [0.2, 0.25) is 0 Å². The van der Waals surface area contributed by atoms with Crippen LogP contribution in [0.15, 0.2) is 18.2 Å². The lowest BCUT2D eigenvalue weighted by molar-refractivity contribution is 0.0147. The molecule has 1 unspecified atom stereocenters. The number of rotatable bonds is 0. The van der Waals surface area contributed by atoms with Gasteiger partial charge in [-0.25, -0.2) is 9.18 Å². The Morgan fingerprint density at radius 2 is 2.18 bits per heavy atom. The van der Waals surface area contributed by atoms with E-state index < -0.39 is 5.60 Å². The van der Waals surface area contributed by atoms with Crippen LogP contribution in [0, 0.1) is 5.82 Å². The Balaban J connectivity index is 1.83. The number of halogens is 1. The third-order valence-corrected chi connectivity index (χ3v) is 4.40. The molecule has 120 valence electrons. The molecule has 2 heterocycles. The Bertz CT molecular complexity index is 593. The molecule has 1 spiro atoms. The van der Waals surface area contributed by atoms with Gasteiger partial charge in [-0.1, -0.05) is 0 Å². The minimum absolute atomic E-state index is 0.202.